The highest BCUT2D eigenvalue weighted by molar-refractivity contribution is 6.15. The summed E-state index contributed by atoms with van der Waals surface area (Å²) in [5.41, 5.74) is 9.15. The molecule has 88 heavy (non-hydrogen) atoms. The van der Waals surface area contributed by atoms with Crippen LogP contribution in [-0.2, 0) is 6.18 Å². The molecule has 0 amide bonds. The third kappa shape index (κ3) is 9.08. The predicted octanol–water partition coefficient (Wildman–Crippen LogP) is 17.3. The zero-order valence-electron chi connectivity index (χ0n) is 45.7. The Morgan fingerprint density at radius 3 is 0.943 bits per heavy atom. The van der Waals surface area contributed by atoms with Crippen molar-refractivity contribution in [3.8, 4) is 127 Å². The Bertz CT molecular complexity index is 5000. The van der Waals surface area contributed by atoms with E-state index in [1.165, 1.54) is 24.3 Å². The standard InChI is InChI=1S/C74H34F3N11/c75-74(76,77)56-33-71(87-67-21-13-48(57-17-9-43(35-78)25-52(57)39-82)29-61(67)62-30-49(14-22-68(62)87)58-18-10-44(36-79)26-53(58)40-83)73(66-8-4-7-65(86-66)47-5-2-1-3-6-47)72(34-56)88-69-23-15-50(59-19-11-45(37-80)27-54(59)41-84)31-63(69)64-32-51(16-24-70(64)88)60-20-12-46(38-81)28-55(60)42-85/h1-34H. The first-order valence-electron chi connectivity index (χ1n) is 27.1. The van der Waals surface area contributed by atoms with Gasteiger partial charge in [0.15, 0.2) is 0 Å². The first-order valence-corrected chi connectivity index (χ1v) is 27.1. The van der Waals surface area contributed by atoms with Crippen LogP contribution < -0.4 is 0 Å². The van der Waals surface area contributed by atoms with Gasteiger partial charge in [0, 0.05) is 32.7 Å². The number of pyridine rings is 1. The molecular weight excluding hydrogens is 1100 g/mol. The molecule has 3 heterocycles. The monoisotopic (exact) mass is 1130 g/mol. The highest BCUT2D eigenvalue weighted by atomic mass is 19.4. The largest absolute Gasteiger partial charge is 0.416 e. The van der Waals surface area contributed by atoms with Crippen LogP contribution in [0.3, 0.4) is 0 Å². The van der Waals surface area contributed by atoms with E-state index in [0.717, 1.165) is 17.7 Å². The van der Waals surface area contributed by atoms with Crippen LogP contribution in [0.1, 0.15) is 50.1 Å². The molecule has 0 saturated heterocycles. The van der Waals surface area contributed by atoms with E-state index in [0.29, 0.717) is 99.5 Å². The summed E-state index contributed by atoms with van der Waals surface area (Å²) in [6.45, 7) is 0. The average molecular weight is 1130 g/mol. The van der Waals surface area contributed by atoms with Crippen molar-refractivity contribution in [3.63, 3.8) is 0 Å². The lowest BCUT2D eigenvalue weighted by molar-refractivity contribution is -0.137. The van der Waals surface area contributed by atoms with Gasteiger partial charge in [-0.2, -0.15) is 55.3 Å². The van der Waals surface area contributed by atoms with E-state index in [2.05, 4.69) is 48.6 Å². The van der Waals surface area contributed by atoms with E-state index in [1.807, 2.05) is 60.7 Å². The third-order valence-corrected chi connectivity index (χ3v) is 15.8. The molecule has 14 heteroatoms. The van der Waals surface area contributed by atoms with Crippen molar-refractivity contribution in [2.24, 2.45) is 0 Å². The van der Waals surface area contributed by atoms with Crippen molar-refractivity contribution in [1.29, 1.82) is 42.1 Å². The smallest absolute Gasteiger partial charge is 0.308 e. The molecule has 0 aliphatic carbocycles. The van der Waals surface area contributed by atoms with Crippen LogP contribution in [-0.4, -0.2) is 14.1 Å². The van der Waals surface area contributed by atoms with E-state index in [4.69, 9.17) is 4.98 Å². The topological polar surface area (TPSA) is 213 Å². The van der Waals surface area contributed by atoms with E-state index in [-0.39, 0.29) is 61.4 Å². The summed E-state index contributed by atoms with van der Waals surface area (Å²) in [6.07, 6.45) is -4.96. The summed E-state index contributed by atoms with van der Waals surface area (Å²) in [4.78, 5) is 5.29. The maximum Gasteiger partial charge on any atom is 0.416 e. The van der Waals surface area contributed by atoms with Crippen LogP contribution in [0.25, 0.3) is 122 Å². The number of nitriles is 8. The zero-order chi connectivity index (χ0) is 61.0. The number of halogens is 3. The van der Waals surface area contributed by atoms with Crippen molar-refractivity contribution in [3.05, 3.63) is 256 Å². The van der Waals surface area contributed by atoms with Crippen LogP contribution in [0.4, 0.5) is 13.2 Å². The zero-order valence-corrected chi connectivity index (χ0v) is 45.7. The van der Waals surface area contributed by atoms with Gasteiger partial charge in [0.25, 0.3) is 0 Å². The molecule has 0 fully saturated rings. The molecule has 13 aromatic rings. The summed E-state index contributed by atoms with van der Waals surface area (Å²) in [6, 6.07) is 74.9. The minimum atomic E-state index is -4.96. The van der Waals surface area contributed by atoms with Crippen LogP contribution >= 0.6 is 0 Å². The summed E-state index contributed by atoms with van der Waals surface area (Å²) >= 11 is 0. The molecule has 406 valence electrons. The lowest BCUT2D eigenvalue weighted by atomic mass is 9.95. The van der Waals surface area contributed by atoms with Gasteiger partial charge in [0.05, 0.1) is 143 Å². The van der Waals surface area contributed by atoms with Gasteiger partial charge in [-0.3, -0.25) is 0 Å². The second kappa shape index (κ2) is 21.4. The van der Waals surface area contributed by atoms with Gasteiger partial charge in [-0.05, 0) is 166 Å². The molecule has 0 saturated carbocycles. The maximum atomic E-state index is 16.4. The van der Waals surface area contributed by atoms with Gasteiger partial charge in [-0.1, -0.05) is 84.9 Å². The summed E-state index contributed by atoms with van der Waals surface area (Å²) in [5, 5.41) is 82.9. The van der Waals surface area contributed by atoms with Gasteiger partial charge < -0.3 is 9.13 Å². The fourth-order valence-corrected chi connectivity index (χ4v) is 11.8. The Hall–Kier alpha value is -13.3. The van der Waals surface area contributed by atoms with E-state index < -0.39 is 11.7 Å². The van der Waals surface area contributed by atoms with Crippen molar-refractivity contribution in [1.82, 2.24) is 14.1 Å². The Morgan fingerprint density at radius 2 is 0.636 bits per heavy atom. The lowest BCUT2D eigenvalue weighted by Crippen LogP contribution is -2.11. The molecule has 10 aromatic carbocycles. The van der Waals surface area contributed by atoms with Crippen LogP contribution in [0, 0.1) is 90.6 Å². The van der Waals surface area contributed by atoms with E-state index >= 15 is 13.2 Å². The first-order chi connectivity index (χ1) is 42.9. The van der Waals surface area contributed by atoms with Gasteiger partial charge in [-0.25, -0.2) is 4.98 Å². The molecule has 0 spiro atoms. The van der Waals surface area contributed by atoms with Crippen molar-refractivity contribution in [2.45, 2.75) is 6.18 Å². The molecule has 13 rings (SSSR count). The minimum absolute atomic E-state index is 0.0749. The van der Waals surface area contributed by atoms with Gasteiger partial charge in [0.2, 0.25) is 0 Å². The second-order valence-electron chi connectivity index (χ2n) is 20.7. The number of rotatable bonds is 8. The maximum absolute atomic E-state index is 16.4. The van der Waals surface area contributed by atoms with Crippen LogP contribution in [0.15, 0.2) is 206 Å². The Morgan fingerprint density at radius 1 is 0.307 bits per heavy atom. The van der Waals surface area contributed by atoms with Crippen molar-refractivity contribution < 1.29 is 13.2 Å². The molecular formula is C74H34F3N11. The number of nitrogens with zero attached hydrogens (tertiary/aromatic N) is 11. The van der Waals surface area contributed by atoms with Gasteiger partial charge in [0.1, 0.15) is 0 Å². The number of benzene rings is 10. The van der Waals surface area contributed by atoms with Crippen LogP contribution in [0.5, 0.6) is 0 Å². The average Bonchev–Trinajstić information content (AvgIpc) is 1.77. The fourth-order valence-electron chi connectivity index (χ4n) is 11.8. The molecule has 0 bridgehead atoms. The Kier molecular flexibility index (Phi) is 13.1. The molecule has 0 atom stereocenters. The summed E-state index contributed by atoms with van der Waals surface area (Å²) in [7, 11) is 0. The lowest BCUT2D eigenvalue weighted by Gasteiger charge is -2.22. The van der Waals surface area contributed by atoms with E-state index in [1.54, 1.807) is 118 Å². The highest BCUT2D eigenvalue weighted by Crippen LogP contribution is 2.48. The normalized spacial score (nSPS) is 11.0. The fraction of sp³-hybridized carbons (Fsp3) is 0.0135. The predicted molar refractivity (Wildman–Crippen MR) is 328 cm³/mol. The van der Waals surface area contributed by atoms with Crippen LogP contribution in [0.2, 0.25) is 0 Å². The second-order valence-corrected chi connectivity index (χ2v) is 20.7. The van der Waals surface area contributed by atoms with Crippen molar-refractivity contribution >= 4 is 43.6 Å². The number of hydrogen-bond acceptors (Lipinski definition) is 9. The number of fused-ring (bicyclic) bond motifs is 6. The molecule has 3 aromatic heterocycles. The van der Waals surface area contributed by atoms with Crippen molar-refractivity contribution in [2.75, 3.05) is 0 Å². The molecule has 0 aliphatic heterocycles. The Labute approximate surface area is 500 Å². The van der Waals surface area contributed by atoms with Gasteiger partial charge in [-0.15, -0.1) is 0 Å². The number of alkyl halides is 3. The molecule has 0 aliphatic rings. The Balaban J connectivity index is 1.18. The molecule has 0 N–H and O–H groups in total. The summed E-state index contributed by atoms with van der Waals surface area (Å²) < 4.78 is 52.6. The molecule has 11 nitrogen and oxygen atoms in total. The first kappa shape index (κ1) is 53.9. The molecule has 0 unspecified atom stereocenters. The molecule has 0 radical (unpaired) electrons. The minimum Gasteiger partial charge on any atom is -0.308 e. The van der Waals surface area contributed by atoms with Gasteiger partial charge >= 0.3 is 6.18 Å². The quantitative estimate of drug-likeness (QED) is 0.141. The number of aromatic nitrogens is 3. The highest BCUT2D eigenvalue weighted by Gasteiger charge is 2.35. The van der Waals surface area contributed by atoms with E-state index in [9.17, 15) is 42.1 Å². The third-order valence-electron chi connectivity index (χ3n) is 15.8. The summed E-state index contributed by atoms with van der Waals surface area (Å²) in [5.74, 6) is 0. The number of hydrogen-bond donors (Lipinski definition) is 0. The SMILES string of the molecule is N#Cc1ccc(-c2ccc3c(c2)c2cc(-c4ccc(C#N)cc4C#N)ccc2n3-c2cc(C(F)(F)F)cc(-n3c4ccc(-c5ccc(C#N)cc5C#N)cc4c4cc(-c5ccc(C#N)cc5C#N)ccc43)c2-c2cccc(-c3ccccc3)n2)c(C#N)c1.